The van der Waals surface area contributed by atoms with Gasteiger partial charge in [0.2, 0.25) is 5.95 Å². The first-order chi connectivity index (χ1) is 10.4. The van der Waals surface area contributed by atoms with Crippen molar-refractivity contribution >= 4 is 33.8 Å². The van der Waals surface area contributed by atoms with E-state index in [2.05, 4.69) is 36.2 Å². The van der Waals surface area contributed by atoms with E-state index < -0.39 is 5.97 Å². The van der Waals surface area contributed by atoms with Crippen molar-refractivity contribution in [2.75, 3.05) is 12.8 Å². The van der Waals surface area contributed by atoms with Crippen molar-refractivity contribution in [3.63, 3.8) is 0 Å². The number of aromatic nitrogens is 3. The van der Waals surface area contributed by atoms with Crippen molar-refractivity contribution in [3.8, 4) is 11.1 Å². The van der Waals surface area contributed by atoms with E-state index in [4.69, 9.17) is 10.5 Å². The first kappa shape index (κ1) is 14.5. The molecule has 0 aromatic carbocycles. The maximum atomic E-state index is 12.2. The molecule has 2 aromatic heterocycles. The van der Waals surface area contributed by atoms with Gasteiger partial charge in [0.15, 0.2) is 5.69 Å². The maximum Gasteiger partial charge on any atom is 0.357 e. The fourth-order valence-corrected chi connectivity index (χ4v) is 2.86. The van der Waals surface area contributed by atoms with Gasteiger partial charge in [-0.3, -0.25) is 4.79 Å². The number of carbonyl (C=O) groups excluding carboxylic acids is 2. The number of nitrogens with one attached hydrogen (secondary N) is 2. The van der Waals surface area contributed by atoms with Crippen LogP contribution < -0.4 is 11.1 Å². The third kappa shape index (κ3) is 2.05. The summed E-state index contributed by atoms with van der Waals surface area (Å²) in [6, 6.07) is 0. The van der Waals surface area contributed by atoms with Gasteiger partial charge < -0.3 is 20.8 Å². The van der Waals surface area contributed by atoms with Gasteiger partial charge in [0.1, 0.15) is 5.69 Å². The summed E-state index contributed by atoms with van der Waals surface area (Å²) >= 11 is 3.36. The van der Waals surface area contributed by atoms with Gasteiger partial charge in [-0.05, 0) is 28.4 Å². The van der Waals surface area contributed by atoms with Crippen LogP contribution in [0.3, 0.4) is 0 Å². The number of esters is 1. The molecule has 0 spiro atoms. The average Bonchev–Trinajstić information content (AvgIpc) is 2.71. The second kappa shape index (κ2) is 5.09. The van der Waals surface area contributed by atoms with Crippen LogP contribution in [0.25, 0.3) is 11.1 Å². The molecule has 9 heteroatoms. The van der Waals surface area contributed by atoms with E-state index in [1.165, 1.54) is 7.11 Å². The number of fused-ring (bicyclic) bond motifs is 3. The number of rotatable bonds is 1. The molecule has 8 nitrogen and oxygen atoms in total. The van der Waals surface area contributed by atoms with Crippen LogP contribution in [0.4, 0.5) is 5.95 Å². The predicted octanol–water partition coefficient (Wildman–Crippen LogP) is 1.15. The van der Waals surface area contributed by atoms with Crippen LogP contribution in [-0.4, -0.2) is 33.9 Å². The first-order valence-electron chi connectivity index (χ1n) is 6.35. The molecule has 0 aliphatic carbocycles. The predicted molar refractivity (Wildman–Crippen MR) is 81.2 cm³/mol. The molecule has 1 aliphatic heterocycles. The lowest BCUT2D eigenvalue weighted by Gasteiger charge is -2.11. The standard InChI is InChI=1S/C13H12BrN5O3/c1-4-6-7-5(3-16-11(20)8(6)18-10(4)14)17-13(15)19-9(7)12(21)22-2/h18H,3H2,1-2H3,(H,16,20)(H2,15,17,19). The first-order valence-corrected chi connectivity index (χ1v) is 7.14. The van der Waals surface area contributed by atoms with Gasteiger partial charge in [0, 0.05) is 11.1 Å². The lowest BCUT2D eigenvalue weighted by atomic mass is 9.99. The number of ether oxygens (including phenoxy) is 1. The van der Waals surface area contributed by atoms with Gasteiger partial charge in [0.05, 0.1) is 24.0 Å². The number of hydrogen-bond acceptors (Lipinski definition) is 6. The highest BCUT2D eigenvalue weighted by Crippen LogP contribution is 2.37. The minimum absolute atomic E-state index is 0.0392. The van der Waals surface area contributed by atoms with E-state index in [0.717, 1.165) is 5.56 Å². The van der Waals surface area contributed by atoms with Crippen molar-refractivity contribution in [2.24, 2.45) is 0 Å². The minimum Gasteiger partial charge on any atom is -0.464 e. The summed E-state index contributed by atoms with van der Waals surface area (Å²) < 4.78 is 5.42. The summed E-state index contributed by atoms with van der Waals surface area (Å²) in [5.74, 6) is -0.984. The zero-order chi connectivity index (χ0) is 16.0. The topological polar surface area (TPSA) is 123 Å². The monoisotopic (exact) mass is 365 g/mol. The molecule has 1 aliphatic rings. The molecule has 0 unspecified atom stereocenters. The Hall–Kier alpha value is -2.42. The van der Waals surface area contributed by atoms with Gasteiger partial charge in [0.25, 0.3) is 5.91 Å². The molecule has 0 fully saturated rings. The lowest BCUT2D eigenvalue weighted by molar-refractivity contribution is 0.0594. The third-order valence-corrected chi connectivity index (χ3v) is 4.26. The average molecular weight is 366 g/mol. The Balaban J connectivity index is 2.42. The third-order valence-electron chi connectivity index (χ3n) is 3.46. The molecular weight excluding hydrogens is 354 g/mol. The molecular formula is C13H12BrN5O3. The van der Waals surface area contributed by atoms with E-state index in [-0.39, 0.29) is 24.1 Å². The molecule has 3 heterocycles. The SMILES string of the molecule is COC(=O)c1nc(N)nc2c1-c1c([nH]c(Br)c1C)C(=O)NC2. The summed E-state index contributed by atoms with van der Waals surface area (Å²) in [6.07, 6.45) is 0. The summed E-state index contributed by atoms with van der Waals surface area (Å²) in [4.78, 5) is 35.4. The zero-order valence-corrected chi connectivity index (χ0v) is 13.4. The number of nitrogen functional groups attached to an aromatic ring is 1. The van der Waals surface area contributed by atoms with Gasteiger partial charge in [-0.25, -0.2) is 14.8 Å². The minimum atomic E-state index is -0.637. The number of anilines is 1. The molecule has 22 heavy (non-hydrogen) atoms. The van der Waals surface area contributed by atoms with Crippen LogP contribution in [0.15, 0.2) is 4.60 Å². The summed E-state index contributed by atoms with van der Waals surface area (Å²) in [7, 11) is 1.26. The Bertz CT molecular complexity index is 814. The highest BCUT2D eigenvalue weighted by molar-refractivity contribution is 9.10. The Labute approximate surface area is 133 Å². The Morgan fingerprint density at radius 1 is 1.36 bits per heavy atom. The fraction of sp³-hybridized carbons (Fsp3) is 0.231. The number of H-pyrrole nitrogens is 1. The molecule has 2 aromatic rings. The van der Waals surface area contributed by atoms with Crippen LogP contribution >= 0.6 is 15.9 Å². The van der Waals surface area contributed by atoms with Crippen LogP contribution in [0, 0.1) is 6.92 Å². The number of halogens is 1. The van der Waals surface area contributed by atoms with E-state index in [1.54, 1.807) is 0 Å². The molecule has 3 rings (SSSR count). The summed E-state index contributed by atoms with van der Waals surface area (Å²) in [5, 5.41) is 2.72. The number of amides is 1. The van der Waals surface area contributed by atoms with Crippen molar-refractivity contribution < 1.29 is 14.3 Å². The van der Waals surface area contributed by atoms with Crippen molar-refractivity contribution in [2.45, 2.75) is 13.5 Å². The Morgan fingerprint density at radius 3 is 2.77 bits per heavy atom. The summed E-state index contributed by atoms with van der Waals surface area (Å²) in [5.41, 5.74) is 8.30. The molecule has 114 valence electrons. The van der Waals surface area contributed by atoms with Crippen LogP contribution in [0.5, 0.6) is 0 Å². The number of carbonyl (C=O) groups is 2. The number of nitrogens with zero attached hydrogens (tertiary/aromatic N) is 2. The number of aromatic amines is 1. The smallest absolute Gasteiger partial charge is 0.357 e. The second-order valence-electron chi connectivity index (χ2n) is 4.74. The van der Waals surface area contributed by atoms with Gasteiger partial charge in [-0.15, -0.1) is 0 Å². The Kier molecular flexibility index (Phi) is 3.36. The number of hydrogen-bond donors (Lipinski definition) is 3. The van der Waals surface area contributed by atoms with Gasteiger partial charge in [-0.2, -0.15) is 0 Å². The fourth-order valence-electron chi connectivity index (χ4n) is 2.46. The van der Waals surface area contributed by atoms with E-state index in [9.17, 15) is 9.59 Å². The lowest BCUT2D eigenvalue weighted by Crippen LogP contribution is -2.22. The molecule has 0 saturated heterocycles. The van der Waals surface area contributed by atoms with E-state index in [0.29, 0.717) is 27.1 Å². The highest BCUT2D eigenvalue weighted by Gasteiger charge is 2.31. The highest BCUT2D eigenvalue weighted by atomic mass is 79.9. The van der Waals surface area contributed by atoms with Crippen molar-refractivity contribution in [1.82, 2.24) is 20.3 Å². The van der Waals surface area contributed by atoms with Crippen molar-refractivity contribution in [3.05, 3.63) is 27.2 Å². The van der Waals surface area contributed by atoms with Crippen LogP contribution in [-0.2, 0) is 11.3 Å². The van der Waals surface area contributed by atoms with Crippen molar-refractivity contribution in [1.29, 1.82) is 0 Å². The largest absolute Gasteiger partial charge is 0.464 e. The molecule has 0 bridgehead atoms. The van der Waals surface area contributed by atoms with Crippen LogP contribution in [0.2, 0.25) is 0 Å². The Morgan fingerprint density at radius 2 is 2.09 bits per heavy atom. The quantitative estimate of drug-likeness (QED) is 0.651. The van der Waals surface area contributed by atoms with Gasteiger partial charge >= 0.3 is 5.97 Å². The number of methoxy groups -OCH3 is 1. The van der Waals surface area contributed by atoms with Crippen LogP contribution in [0.1, 0.15) is 32.2 Å². The maximum absolute atomic E-state index is 12.2. The van der Waals surface area contributed by atoms with E-state index >= 15 is 0 Å². The molecule has 0 radical (unpaired) electrons. The second-order valence-corrected chi connectivity index (χ2v) is 5.53. The normalized spacial score (nSPS) is 13.0. The summed E-state index contributed by atoms with van der Waals surface area (Å²) in [6.45, 7) is 1.96. The number of nitrogens with two attached hydrogens (primary N) is 1. The molecule has 1 amide bonds. The van der Waals surface area contributed by atoms with E-state index in [1.807, 2.05) is 6.92 Å². The molecule has 0 saturated carbocycles. The van der Waals surface area contributed by atoms with Gasteiger partial charge in [-0.1, -0.05) is 0 Å². The molecule has 0 atom stereocenters. The zero-order valence-electron chi connectivity index (χ0n) is 11.8. The molecule has 4 N–H and O–H groups in total.